The Balaban J connectivity index is 1.49. The zero-order valence-electron chi connectivity index (χ0n) is 17.3. The van der Waals surface area contributed by atoms with Gasteiger partial charge in [-0.15, -0.1) is 0 Å². The minimum absolute atomic E-state index is 0.526. The second-order valence-electron chi connectivity index (χ2n) is 7.95. The maximum atomic E-state index is 6.07. The van der Waals surface area contributed by atoms with Gasteiger partial charge in [-0.3, -0.25) is 4.99 Å². The van der Waals surface area contributed by atoms with Crippen molar-refractivity contribution < 1.29 is 4.74 Å². The summed E-state index contributed by atoms with van der Waals surface area (Å²) in [5.41, 5.74) is 0. The van der Waals surface area contributed by atoms with Crippen LogP contribution in [0.3, 0.4) is 0 Å². The van der Waals surface area contributed by atoms with Crippen molar-refractivity contribution in [3.63, 3.8) is 0 Å². The lowest BCUT2D eigenvalue weighted by atomic mass is 10.1. The summed E-state index contributed by atoms with van der Waals surface area (Å²) in [6.07, 6.45) is 14.5. The van der Waals surface area contributed by atoms with Gasteiger partial charge in [0, 0.05) is 39.3 Å². The molecule has 0 bridgehead atoms. The largest absolute Gasteiger partial charge is 0.378 e. The Labute approximate surface area is 161 Å². The van der Waals surface area contributed by atoms with Crippen molar-refractivity contribution in [2.24, 2.45) is 4.99 Å². The Morgan fingerprint density at radius 3 is 2.42 bits per heavy atom. The molecular formula is C21H42N4O. The fourth-order valence-corrected chi connectivity index (χ4v) is 4.10. The standard InChI is InChI=1S/C21H42N4O/c1-3-15-25-16-12-19(13-17-25)24-21(22-2)23-14-8-9-18-26-20-10-6-4-5-7-11-20/h19-20H,3-18H2,1-2H3,(H2,22,23,24). The normalized spacial score (nSPS) is 21.5. The van der Waals surface area contributed by atoms with Crippen LogP contribution in [0.2, 0.25) is 0 Å². The minimum Gasteiger partial charge on any atom is -0.378 e. The van der Waals surface area contributed by atoms with E-state index in [-0.39, 0.29) is 0 Å². The van der Waals surface area contributed by atoms with Gasteiger partial charge in [-0.05, 0) is 51.5 Å². The number of hydrogen-bond acceptors (Lipinski definition) is 3. The van der Waals surface area contributed by atoms with Crippen LogP contribution < -0.4 is 10.6 Å². The second-order valence-corrected chi connectivity index (χ2v) is 7.95. The number of aliphatic imine (C=N–C) groups is 1. The number of guanidine groups is 1. The van der Waals surface area contributed by atoms with Gasteiger partial charge in [-0.1, -0.05) is 32.6 Å². The Kier molecular flexibility index (Phi) is 11.1. The molecule has 0 aromatic rings. The van der Waals surface area contributed by atoms with Crippen LogP contribution in [0.4, 0.5) is 0 Å². The maximum Gasteiger partial charge on any atom is 0.191 e. The van der Waals surface area contributed by atoms with E-state index in [1.54, 1.807) is 0 Å². The average molecular weight is 367 g/mol. The highest BCUT2D eigenvalue weighted by atomic mass is 16.5. The van der Waals surface area contributed by atoms with Crippen LogP contribution in [0, 0.1) is 0 Å². The molecule has 1 aliphatic carbocycles. The first kappa shape index (κ1) is 21.5. The van der Waals surface area contributed by atoms with Crippen molar-refractivity contribution in [3.8, 4) is 0 Å². The number of likely N-dealkylation sites (tertiary alicyclic amines) is 1. The van der Waals surface area contributed by atoms with Gasteiger partial charge in [0.05, 0.1) is 6.10 Å². The van der Waals surface area contributed by atoms with Crippen molar-refractivity contribution in [1.29, 1.82) is 0 Å². The molecule has 5 heteroatoms. The van der Waals surface area contributed by atoms with E-state index in [2.05, 4.69) is 27.4 Å². The topological polar surface area (TPSA) is 48.9 Å². The first-order chi connectivity index (χ1) is 12.8. The van der Waals surface area contributed by atoms with Crippen molar-refractivity contribution in [2.45, 2.75) is 89.7 Å². The summed E-state index contributed by atoms with van der Waals surface area (Å²) in [4.78, 5) is 6.96. The Morgan fingerprint density at radius 1 is 1.04 bits per heavy atom. The molecule has 0 aromatic heterocycles. The van der Waals surface area contributed by atoms with E-state index in [0.717, 1.165) is 32.0 Å². The number of rotatable bonds is 9. The number of hydrogen-bond donors (Lipinski definition) is 2. The van der Waals surface area contributed by atoms with Crippen LogP contribution in [0.1, 0.15) is 77.6 Å². The van der Waals surface area contributed by atoms with Crippen molar-refractivity contribution in [3.05, 3.63) is 0 Å². The Bertz CT molecular complexity index is 372. The highest BCUT2D eigenvalue weighted by Gasteiger charge is 2.19. The average Bonchev–Trinajstić information content (AvgIpc) is 2.94. The van der Waals surface area contributed by atoms with Gasteiger partial charge in [0.15, 0.2) is 5.96 Å². The summed E-state index contributed by atoms with van der Waals surface area (Å²) < 4.78 is 6.07. The van der Waals surface area contributed by atoms with Crippen LogP contribution in [0.25, 0.3) is 0 Å². The van der Waals surface area contributed by atoms with Gasteiger partial charge in [-0.25, -0.2) is 0 Å². The fourth-order valence-electron chi connectivity index (χ4n) is 4.10. The van der Waals surface area contributed by atoms with Crippen LogP contribution in [-0.2, 0) is 4.74 Å². The van der Waals surface area contributed by atoms with Gasteiger partial charge in [0.25, 0.3) is 0 Å². The zero-order valence-corrected chi connectivity index (χ0v) is 17.3. The third-order valence-electron chi connectivity index (χ3n) is 5.71. The lowest BCUT2D eigenvalue weighted by molar-refractivity contribution is 0.0411. The van der Waals surface area contributed by atoms with Crippen molar-refractivity contribution in [1.82, 2.24) is 15.5 Å². The quantitative estimate of drug-likeness (QED) is 0.284. The molecule has 1 saturated heterocycles. The predicted octanol–water partition coefficient (Wildman–Crippen LogP) is 3.55. The molecule has 2 rings (SSSR count). The van der Waals surface area contributed by atoms with Crippen molar-refractivity contribution >= 4 is 5.96 Å². The summed E-state index contributed by atoms with van der Waals surface area (Å²) >= 11 is 0. The molecule has 0 atom stereocenters. The molecule has 5 nitrogen and oxygen atoms in total. The molecule has 2 aliphatic rings. The number of nitrogens with one attached hydrogen (secondary N) is 2. The molecule has 0 unspecified atom stereocenters. The highest BCUT2D eigenvalue weighted by molar-refractivity contribution is 5.79. The van der Waals surface area contributed by atoms with E-state index >= 15 is 0 Å². The Morgan fingerprint density at radius 2 is 1.77 bits per heavy atom. The number of piperidine rings is 1. The molecule has 1 heterocycles. The smallest absolute Gasteiger partial charge is 0.191 e. The highest BCUT2D eigenvalue weighted by Crippen LogP contribution is 2.19. The number of ether oxygens (including phenoxy) is 1. The third-order valence-corrected chi connectivity index (χ3v) is 5.71. The van der Waals surface area contributed by atoms with Crippen molar-refractivity contribution in [2.75, 3.05) is 39.8 Å². The second kappa shape index (κ2) is 13.4. The van der Waals surface area contributed by atoms with Gasteiger partial charge < -0.3 is 20.3 Å². The van der Waals surface area contributed by atoms with Gasteiger partial charge in [0.1, 0.15) is 0 Å². The maximum absolute atomic E-state index is 6.07. The van der Waals surface area contributed by atoms with Gasteiger partial charge >= 0.3 is 0 Å². The molecule has 2 N–H and O–H groups in total. The number of nitrogens with zero attached hydrogens (tertiary/aromatic N) is 2. The molecule has 152 valence electrons. The summed E-state index contributed by atoms with van der Waals surface area (Å²) in [5.74, 6) is 0.962. The molecule has 26 heavy (non-hydrogen) atoms. The first-order valence-electron chi connectivity index (χ1n) is 11.1. The lowest BCUT2D eigenvalue weighted by Crippen LogP contribution is -2.48. The summed E-state index contributed by atoms with van der Waals surface area (Å²) in [6.45, 7) is 7.80. The SMILES string of the molecule is CCCN1CCC(NC(=NC)NCCCCOC2CCCCCC2)CC1. The Hall–Kier alpha value is -0.810. The zero-order chi connectivity index (χ0) is 18.5. The van der Waals surface area contributed by atoms with Gasteiger partial charge in [-0.2, -0.15) is 0 Å². The van der Waals surface area contributed by atoms with Crippen LogP contribution in [-0.4, -0.2) is 62.8 Å². The van der Waals surface area contributed by atoms with Crippen LogP contribution in [0.15, 0.2) is 4.99 Å². The molecule has 0 radical (unpaired) electrons. The predicted molar refractivity (Wildman–Crippen MR) is 111 cm³/mol. The fraction of sp³-hybridized carbons (Fsp3) is 0.952. The molecule has 0 spiro atoms. The molecule has 2 fully saturated rings. The molecule has 0 amide bonds. The van der Waals surface area contributed by atoms with Crippen LogP contribution in [0.5, 0.6) is 0 Å². The van der Waals surface area contributed by atoms with E-state index in [1.807, 2.05) is 7.05 Å². The van der Waals surface area contributed by atoms with E-state index in [0.29, 0.717) is 12.1 Å². The molecular weight excluding hydrogens is 324 g/mol. The summed E-state index contributed by atoms with van der Waals surface area (Å²) in [5, 5.41) is 7.07. The summed E-state index contributed by atoms with van der Waals surface area (Å²) in [6, 6.07) is 0.563. The van der Waals surface area contributed by atoms with Crippen LogP contribution >= 0.6 is 0 Å². The summed E-state index contributed by atoms with van der Waals surface area (Å²) in [7, 11) is 1.87. The van der Waals surface area contributed by atoms with E-state index < -0.39 is 0 Å². The monoisotopic (exact) mass is 366 g/mol. The first-order valence-corrected chi connectivity index (χ1v) is 11.1. The minimum atomic E-state index is 0.526. The van der Waals surface area contributed by atoms with Gasteiger partial charge in [0.2, 0.25) is 0 Å². The van der Waals surface area contributed by atoms with E-state index in [4.69, 9.17) is 4.74 Å². The molecule has 1 saturated carbocycles. The lowest BCUT2D eigenvalue weighted by Gasteiger charge is -2.32. The molecule has 1 aliphatic heterocycles. The number of unbranched alkanes of at least 4 members (excludes halogenated alkanes) is 1. The third kappa shape index (κ3) is 8.72. The molecule has 0 aromatic carbocycles. The van der Waals surface area contributed by atoms with E-state index in [1.165, 1.54) is 77.4 Å². The van der Waals surface area contributed by atoms with E-state index in [9.17, 15) is 0 Å².